The first-order valence-electron chi connectivity index (χ1n) is 11.7. The van der Waals surface area contributed by atoms with Gasteiger partial charge in [-0.25, -0.2) is 0 Å². The van der Waals surface area contributed by atoms with Crippen molar-refractivity contribution in [2.75, 3.05) is 17.2 Å². The van der Waals surface area contributed by atoms with Gasteiger partial charge in [0.05, 0.1) is 5.02 Å². The first-order chi connectivity index (χ1) is 17.6. The number of hydrogen-bond donors (Lipinski definition) is 2. The monoisotopic (exact) mass is 586 g/mol. The zero-order chi connectivity index (χ0) is 26.9. The molecule has 0 aliphatic heterocycles. The minimum atomic E-state index is -0.554. The molecule has 3 rings (SSSR count). The number of esters is 1. The second-order valence-electron chi connectivity index (χ2n) is 8.56. The molecule has 2 N–H and O–H groups in total. The number of hydrogen-bond acceptors (Lipinski definition) is 5. The Hall–Kier alpha value is -3.36. The molecule has 0 spiro atoms. The van der Waals surface area contributed by atoms with Gasteiger partial charge in [-0.2, -0.15) is 0 Å². The number of benzene rings is 3. The molecule has 9 heteroatoms. The van der Waals surface area contributed by atoms with Crippen LogP contribution in [0.25, 0.3) is 0 Å². The Balaban J connectivity index is 1.35. The van der Waals surface area contributed by atoms with Crippen LogP contribution < -0.4 is 15.4 Å². The first-order valence-corrected chi connectivity index (χ1v) is 12.8. The predicted molar refractivity (Wildman–Crippen MR) is 148 cm³/mol. The number of amides is 2. The maximum absolute atomic E-state index is 12.2. The van der Waals surface area contributed by atoms with Gasteiger partial charge in [0.25, 0.3) is 5.91 Å². The topological polar surface area (TPSA) is 93.7 Å². The second kappa shape index (κ2) is 13.3. The molecular weight excluding hydrogens is 560 g/mol. The lowest BCUT2D eigenvalue weighted by molar-refractivity contribution is -0.147. The highest BCUT2D eigenvalue weighted by Crippen LogP contribution is 2.29. The normalized spacial score (nSPS) is 10.5. The summed E-state index contributed by atoms with van der Waals surface area (Å²) >= 11 is 9.37. The summed E-state index contributed by atoms with van der Waals surface area (Å²) in [6.45, 7) is 5.47. The van der Waals surface area contributed by atoms with E-state index in [1.54, 1.807) is 36.4 Å². The van der Waals surface area contributed by atoms with Crippen molar-refractivity contribution in [1.82, 2.24) is 0 Å². The third-order valence-corrected chi connectivity index (χ3v) is 6.74. The minimum absolute atomic E-state index is 0.0204. The molecule has 0 bridgehead atoms. The van der Waals surface area contributed by atoms with Crippen molar-refractivity contribution in [1.29, 1.82) is 0 Å². The maximum Gasteiger partial charge on any atom is 0.306 e. The van der Waals surface area contributed by atoms with Gasteiger partial charge in [0.1, 0.15) is 11.5 Å². The smallest absolute Gasteiger partial charge is 0.306 e. The van der Waals surface area contributed by atoms with Gasteiger partial charge in [-0.05, 0) is 108 Å². The van der Waals surface area contributed by atoms with Crippen LogP contribution in [-0.2, 0) is 19.1 Å². The molecule has 0 aromatic heterocycles. The molecule has 3 aromatic carbocycles. The highest BCUT2D eigenvalue weighted by molar-refractivity contribution is 9.10. The molecule has 0 aliphatic rings. The number of nitrogens with one attached hydrogen (secondary N) is 2. The van der Waals surface area contributed by atoms with Crippen LogP contribution in [0.2, 0.25) is 5.02 Å². The van der Waals surface area contributed by atoms with E-state index >= 15 is 0 Å². The Kier molecular flexibility index (Phi) is 10.1. The lowest BCUT2D eigenvalue weighted by Gasteiger charge is -2.11. The highest BCUT2D eigenvalue weighted by Gasteiger charge is 2.12. The van der Waals surface area contributed by atoms with Crippen molar-refractivity contribution in [3.8, 4) is 11.5 Å². The molecular formula is C28H28BrClN2O5. The molecule has 0 aliphatic carbocycles. The quantitative estimate of drug-likeness (QED) is 0.247. The number of anilines is 2. The predicted octanol–water partition coefficient (Wildman–Crippen LogP) is 7.11. The number of carbonyl (C=O) groups is 3. The Morgan fingerprint density at radius 3 is 2.22 bits per heavy atom. The molecule has 0 fully saturated rings. The third-order valence-electron chi connectivity index (χ3n) is 5.54. The molecule has 3 aromatic rings. The van der Waals surface area contributed by atoms with Gasteiger partial charge in [0.2, 0.25) is 5.91 Å². The van der Waals surface area contributed by atoms with Gasteiger partial charge < -0.3 is 20.1 Å². The first kappa shape index (κ1) is 28.2. The minimum Gasteiger partial charge on any atom is -0.457 e. The summed E-state index contributed by atoms with van der Waals surface area (Å²) in [7, 11) is 0. The highest BCUT2D eigenvalue weighted by atomic mass is 79.9. The van der Waals surface area contributed by atoms with Gasteiger partial charge in [-0.15, -0.1) is 0 Å². The van der Waals surface area contributed by atoms with Gasteiger partial charge in [0.15, 0.2) is 6.61 Å². The number of rotatable bonds is 10. The summed E-state index contributed by atoms with van der Waals surface area (Å²) in [6.07, 6.45) is 0.451. The largest absolute Gasteiger partial charge is 0.457 e. The van der Waals surface area contributed by atoms with Crippen LogP contribution in [-0.4, -0.2) is 24.4 Å². The number of aryl methyl sites for hydroxylation is 3. The van der Waals surface area contributed by atoms with E-state index in [2.05, 4.69) is 26.6 Å². The van der Waals surface area contributed by atoms with Crippen LogP contribution >= 0.6 is 27.5 Å². The van der Waals surface area contributed by atoms with Gasteiger partial charge in [0, 0.05) is 28.7 Å². The van der Waals surface area contributed by atoms with Crippen molar-refractivity contribution in [2.24, 2.45) is 0 Å². The fourth-order valence-corrected chi connectivity index (χ4v) is 3.94. The molecule has 0 radical (unpaired) electrons. The lowest BCUT2D eigenvalue weighted by Crippen LogP contribution is -2.21. The SMILES string of the molecule is Cc1ccc(Oc2ccc(NC(=O)CCCC(=O)OCC(=O)Nc3cc(Cl)c(Br)cc3C)cc2)cc1C. The lowest BCUT2D eigenvalue weighted by atomic mass is 10.1. The van der Waals surface area contributed by atoms with Crippen molar-refractivity contribution >= 4 is 56.7 Å². The van der Waals surface area contributed by atoms with E-state index in [1.807, 2.05) is 39.0 Å². The average molecular weight is 588 g/mol. The van der Waals surface area contributed by atoms with Crippen LogP contribution in [0.5, 0.6) is 11.5 Å². The van der Waals surface area contributed by atoms with E-state index in [-0.39, 0.29) is 18.7 Å². The van der Waals surface area contributed by atoms with Crippen molar-refractivity contribution < 1.29 is 23.9 Å². The molecule has 37 heavy (non-hydrogen) atoms. The third kappa shape index (κ3) is 8.91. The fourth-order valence-electron chi connectivity index (χ4n) is 3.32. The zero-order valence-electron chi connectivity index (χ0n) is 20.8. The molecule has 0 atom stereocenters. The van der Waals surface area contributed by atoms with E-state index in [0.29, 0.717) is 28.6 Å². The van der Waals surface area contributed by atoms with E-state index < -0.39 is 18.5 Å². The van der Waals surface area contributed by atoms with Gasteiger partial charge >= 0.3 is 5.97 Å². The Morgan fingerprint density at radius 2 is 1.51 bits per heavy atom. The average Bonchev–Trinajstić information content (AvgIpc) is 2.85. The molecule has 2 amide bonds. The summed E-state index contributed by atoms with van der Waals surface area (Å²) in [5.41, 5.74) is 4.32. The van der Waals surface area contributed by atoms with Crippen LogP contribution in [0.4, 0.5) is 11.4 Å². The van der Waals surface area contributed by atoms with Crippen molar-refractivity contribution in [3.05, 3.63) is 80.8 Å². The van der Waals surface area contributed by atoms with Crippen LogP contribution in [0, 0.1) is 20.8 Å². The number of ether oxygens (including phenoxy) is 2. The summed E-state index contributed by atoms with van der Waals surface area (Å²) in [6, 6.07) is 16.3. The standard InChI is InChI=1S/C28H28BrClN2O5/c1-17-7-10-22(13-18(17)2)37-21-11-8-20(9-12-21)31-26(33)5-4-6-28(35)36-16-27(34)32-25-15-24(30)23(29)14-19(25)3/h7-15H,4-6,16H2,1-3H3,(H,31,33)(H,32,34). The van der Waals surface area contributed by atoms with E-state index in [9.17, 15) is 14.4 Å². The van der Waals surface area contributed by atoms with Crippen molar-refractivity contribution in [3.63, 3.8) is 0 Å². The van der Waals surface area contributed by atoms with E-state index in [4.69, 9.17) is 21.1 Å². The molecule has 0 heterocycles. The molecule has 0 unspecified atom stereocenters. The summed E-state index contributed by atoms with van der Waals surface area (Å²) in [5.74, 6) is 0.151. The molecule has 7 nitrogen and oxygen atoms in total. The van der Waals surface area contributed by atoms with Gasteiger partial charge in [-0.3, -0.25) is 14.4 Å². The maximum atomic E-state index is 12.2. The molecule has 0 saturated carbocycles. The summed E-state index contributed by atoms with van der Waals surface area (Å²) in [5, 5.41) is 5.91. The Morgan fingerprint density at radius 1 is 0.811 bits per heavy atom. The molecule has 194 valence electrons. The Bertz CT molecular complexity index is 1290. The van der Waals surface area contributed by atoms with Crippen LogP contribution in [0.1, 0.15) is 36.0 Å². The fraction of sp³-hybridized carbons (Fsp3) is 0.250. The van der Waals surface area contributed by atoms with E-state index in [0.717, 1.165) is 21.3 Å². The van der Waals surface area contributed by atoms with Gasteiger partial charge in [-0.1, -0.05) is 17.7 Å². The number of halogens is 2. The summed E-state index contributed by atoms with van der Waals surface area (Å²) < 4.78 is 11.6. The summed E-state index contributed by atoms with van der Waals surface area (Å²) in [4.78, 5) is 36.3. The second-order valence-corrected chi connectivity index (χ2v) is 9.83. The Labute approximate surface area is 229 Å². The zero-order valence-corrected chi connectivity index (χ0v) is 23.2. The van der Waals surface area contributed by atoms with Crippen LogP contribution in [0.3, 0.4) is 0 Å². The molecule has 0 saturated heterocycles. The van der Waals surface area contributed by atoms with E-state index in [1.165, 1.54) is 5.56 Å². The number of carbonyl (C=O) groups excluding carboxylic acids is 3. The van der Waals surface area contributed by atoms with Crippen LogP contribution in [0.15, 0.2) is 59.1 Å². The van der Waals surface area contributed by atoms with Crippen molar-refractivity contribution in [2.45, 2.75) is 40.0 Å².